The van der Waals surface area contributed by atoms with E-state index in [0.717, 1.165) is 0 Å². The van der Waals surface area contributed by atoms with Crippen molar-refractivity contribution in [2.45, 2.75) is 26.3 Å². The molecule has 0 bridgehead atoms. The van der Waals surface area contributed by atoms with Gasteiger partial charge < -0.3 is 15.4 Å². The van der Waals surface area contributed by atoms with Gasteiger partial charge in [0.2, 0.25) is 11.8 Å². The molecule has 1 heterocycles. The maximum Gasteiger partial charge on any atom is 0.267 e. The Kier molecular flexibility index (Phi) is 5.29. The van der Waals surface area contributed by atoms with E-state index < -0.39 is 0 Å². The van der Waals surface area contributed by atoms with E-state index in [2.05, 4.69) is 21.2 Å². The summed E-state index contributed by atoms with van der Waals surface area (Å²) >= 11 is 0. The van der Waals surface area contributed by atoms with Crippen LogP contribution in [0.2, 0.25) is 0 Å². The lowest BCUT2D eigenvalue weighted by Crippen LogP contribution is -2.36. The highest BCUT2D eigenvalue weighted by molar-refractivity contribution is 6.39. The second-order valence-electron chi connectivity index (χ2n) is 4.98. The molecule has 0 saturated heterocycles. The molecule has 0 atom stereocenters. The van der Waals surface area contributed by atoms with Crippen LogP contribution in [0.3, 0.4) is 0 Å². The van der Waals surface area contributed by atoms with E-state index in [1.807, 2.05) is 0 Å². The first-order valence-corrected chi connectivity index (χ1v) is 7.07. The lowest BCUT2D eigenvalue weighted by Gasteiger charge is -2.14. The number of hydrogen-bond donors (Lipinski definition) is 3. The van der Waals surface area contributed by atoms with E-state index in [4.69, 9.17) is 4.74 Å². The fourth-order valence-corrected chi connectivity index (χ4v) is 2.11. The number of amides is 3. The molecule has 0 fully saturated rings. The second-order valence-corrected chi connectivity index (χ2v) is 4.98. The van der Waals surface area contributed by atoms with Gasteiger partial charge in [-0.2, -0.15) is 5.10 Å². The summed E-state index contributed by atoms with van der Waals surface area (Å²) in [7, 11) is 1.53. The molecule has 1 aromatic rings. The predicted molar refractivity (Wildman–Crippen MR) is 84.0 cm³/mol. The zero-order valence-corrected chi connectivity index (χ0v) is 12.9. The molecule has 3 amide bonds. The number of ether oxygens (including phenoxy) is 1. The van der Waals surface area contributed by atoms with Crippen molar-refractivity contribution >= 4 is 29.1 Å². The number of hydrogen-bond acceptors (Lipinski definition) is 5. The predicted octanol–water partition coefficient (Wildman–Crippen LogP) is 0.536. The van der Waals surface area contributed by atoms with E-state index >= 15 is 0 Å². The minimum absolute atomic E-state index is 0.183. The van der Waals surface area contributed by atoms with E-state index in [1.165, 1.54) is 14.0 Å². The fraction of sp³-hybridized carbons (Fsp3) is 0.333. The van der Waals surface area contributed by atoms with Crippen LogP contribution in [0.25, 0.3) is 0 Å². The van der Waals surface area contributed by atoms with Gasteiger partial charge in [-0.1, -0.05) is 0 Å². The highest BCUT2D eigenvalue weighted by atomic mass is 16.5. The molecule has 0 aromatic heterocycles. The molecule has 1 aliphatic rings. The average Bonchev–Trinajstić information content (AvgIpc) is 2.53. The van der Waals surface area contributed by atoms with Gasteiger partial charge in [0.1, 0.15) is 11.5 Å². The van der Waals surface area contributed by atoms with Crippen molar-refractivity contribution in [2.24, 2.45) is 5.10 Å². The standard InChI is InChI=1S/C15H18N4O4/c1-9(20)17-11-3-5-13(23-2)10(7-11)8-16-15(22)12-4-6-14(21)19-18-12/h3,5,7H,4,6,8H2,1-2H3,(H,16,22)(H,17,20)(H,19,21). The molecular formula is C15H18N4O4. The zero-order chi connectivity index (χ0) is 16.8. The molecule has 122 valence electrons. The van der Waals surface area contributed by atoms with Crippen molar-refractivity contribution in [2.75, 3.05) is 12.4 Å². The third-order valence-corrected chi connectivity index (χ3v) is 3.21. The quantitative estimate of drug-likeness (QED) is 0.736. The average molecular weight is 318 g/mol. The van der Waals surface area contributed by atoms with Gasteiger partial charge in [-0.15, -0.1) is 0 Å². The molecule has 1 aliphatic heterocycles. The van der Waals surface area contributed by atoms with Crippen molar-refractivity contribution in [1.29, 1.82) is 0 Å². The largest absolute Gasteiger partial charge is 0.496 e. The van der Waals surface area contributed by atoms with Crippen molar-refractivity contribution < 1.29 is 19.1 Å². The molecule has 1 aromatic carbocycles. The van der Waals surface area contributed by atoms with Gasteiger partial charge in [-0.05, 0) is 18.2 Å². The van der Waals surface area contributed by atoms with Gasteiger partial charge in [-0.3, -0.25) is 14.4 Å². The molecule has 2 rings (SSSR count). The number of benzene rings is 1. The molecular weight excluding hydrogens is 300 g/mol. The number of nitrogens with zero attached hydrogens (tertiary/aromatic N) is 1. The summed E-state index contributed by atoms with van der Waals surface area (Å²) in [5.74, 6) is -0.140. The van der Waals surface area contributed by atoms with Crippen LogP contribution in [-0.4, -0.2) is 30.5 Å². The maximum absolute atomic E-state index is 12.0. The number of carbonyl (C=O) groups is 3. The summed E-state index contributed by atoms with van der Waals surface area (Å²) in [6, 6.07) is 5.16. The molecule has 3 N–H and O–H groups in total. The lowest BCUT2D eigenvalue weighted by atomic mass is 10.1. The first kappa shape index (κ1) is 16.5. The SMILES string of the molecule is COc1ccc(NC(C)=O)cc1CNC(=O)C1=NNC(=O)CC1. The molecule has 0 saturated carbocycles. The highest BCUT2D eigenvalue weighted by Gasteiger charge is 2.18. The van der Waals surface area contributed by atoms with Gasteiger partial charge in [0, 0.05) is 37.6 Å². The van der Waals surface area contributed by atoms with Crippen molar-refractivity contribution in [3.63, 3.8) is 0 Å². The zero-order valence-electron chi connectivity index (χ0n) is 12.9. The van der Waals surface area contributed by atoms with E-state index in [-0.39, 0.29) is 36.4 Å². The fourth-order valence-electron chi connectivity index (χ4n) is 2.11. The van der Waals surface area contributed by atoms with Crippen LogP contribution in [0.4, 0.5) is 5.69 Å². The summed E-state index contributed by atoms with van der Waals surface area (Å²) in [6.07, 6.45) is 0.550. The Morgan fingerprint density at radius 2 is 2.13 bits per heavy atom. The molecule has 0 aliphatic carbocycles. The van der Waals surface area contributed by atoms with Crippen LogP contribution >= 0.6 is 0 Å². The van der Waals surface area contributed by atoms with Crippen molar-refractivity contribution in [3.8, 4) is 5.75 Å². The van der Waals surface area contributed by atoms with Crippen LogP contribution in [0.15, 0.2) is 23.3 Å². The van der Waals surface area contributed by atoms with Gasteiger partial charge in [0.15, 0.2) is 0 Å². The van der Waals surface area contributed by atoms with Crippen molar-refractivity contribution in [3.05, 3.63) is 23.8 Å². The summed E-state index contributed by atoms with van der Waals surface area (Å²) < 4.78 is 5.25. The molecule has 0 unspecified atom stereocenters. The number of hydrazone groups is 1. The minimum atomic E-state index is -0.350. The van der Waals surface area contributed by atoms with Gasteiger partial charge >= 0.3 is 0 Å². The normalized spacial score (nSPS) is 13.7. The van der Waals surface area contributed by atoms with Crippen LogP contribution in [0.1, 0.15) is 25.3 Å². The second kappa shape index (κ2) is 7.39. The van der Waals surface area contributed by atoms with Crippen LogP contribution in [-0.2, 0) is 20.9 Å². The Labute approximate surface area is 133 Å². The Morgan fingerprint density at radius 3 is 2.74 bits per heavy atom. The molecule has 8 heteroatoms. The first-order chi connectivity index (χ1) is 11.0. The molecule has 0 radical (unpaired) electrons. The Bertz CT molecular complexity index is 669. The summed E-state index contributed by atoms with van der Waals surface area (Å²) in [5.41, 5.74) is 3.89. The Balaban J connectivity index is 2.05. The number of nitrogens with one attached hydrogen (secondary N) is 3. The number of rotatable bonds is 5. The smallest absolute Gasteiger partial charge is 0.267 e. The van der Waals surface area contributed by atoms with Crippen LogP contribution < -0.4 is 20.8 Å². The monoisotopic (exact) mass is 318 g/mol. The molecule has 23 heavy (non-hydrogen) atoms. The molecule has 0 spiro atoms. The Hall–Kier alpha value is -2.90. The lowest BCUT2D eigenvalue weighted by molar-refractivity contribution is -0.121. The van der Waals surface area contributed by atoms with E-state index in [1.54, 1.807) is 18.2 Å². The number of carbonyl (C=O) groups excluding carboxylic acids is 3. The van der Waals surface area contributed by atoms with Gasteiger partial charge in [0.05, 0.1) is 7.11 Å². The highest BCUT2D eigenvalue weighted by Crippen LogP contribution is 2.22. The minimum Gasteiger partial charge on any atom is -0.496 e. The van der Waals surface area contributed by atoms with Crippen LogP contribution in [0.5, 0.6) is 5.75 Å². The number of anilines is 1. The third-order valence-electron chi connectivity index (χ3n) is 3.21. The summed E-state index contributed by atoms with van der Waals surface area (Å²) in [4.78, 5) is 34.2. The first-order valence-electron chi connectivity index (χ1n) is 7.07. The Morgan fingerprint density at radius 1 is 1.35 bits per heavy atom. The van der Waals surface area contributed by atoms with Gasteiger partial charge in [-0.25, -0.2) is 5.43 Å². The molecule has 8 nitrogen and oxygen atoms in total. The number of methoxy groups -OCH3 is 1. The van der Waals surface area contributed by atoms with E-state index in [0.29, 0.717) is 23.4 Å². The topological polar surface area (TPSA) is 109 Å². The van der Waals surface area contributed by atoms with Gasteiger partial charge in [0.25, 0.3) is 5.91 Å². The summed E-state index contributed by atoms with van der Waals surface area (Å²) in [6.45, 7) is 1.63. The van der Waals surface area contributed by atoms with Crippen molar-refractivity contribution in [1.82, 2.24) is 10.7 Å². The maximum atomic E-state index is 12.0. The summed E-state index contributed by atoms with van der Waals surface area (Å²) in [5, 5.41) is 9.14. The van der Waals surface area contributed by atoms with E-state index in [9.17, 15) is 14.4 Å². The third kappa shape index (κ3) is 4.53. The van der Waals surface area contributed by atoms with Crippen LogP contribution in [0, 0.1) is 0 Å².